The van der Waals surface area contributed by atoms with Crippen LogP contribution in [0.1, 0.15) is 46.6 Å². The molecule has 0 aliphatic carbocycles. The van der Waals surface area contributed by atoms with Crippen molar-refractivity contribution in [3.05, 3.63) is 35.4 Å². The minimum atomic E-state index is -1.77. The molecule has 1 aromatic carbocycles. The molecule has 1 rings (SSSR count). The van der Waals surface area contributed by atoms with E-state index >= 15 is 0 Å². The zero-order valence-electron chi connectivity index (χ0n) is 13.5. The lowest BCUT2D eigenvalue weighted by Crippen LogP contribution is -2.44. The number of para-hydroxylation sites is 1. The van der Waals surface area contributed by atoms with Crippen molar-refractivity contribution >= 4 is 14.4 Å². The lowest BCUT2D eigenvalue weighted by atomic mass is 10.1. The quantitative estimate of drug-likeness (QED) is 0.624. The average Bonchev–Trinajstić information content (AvgIpc) is 2.29. The van der Waals surface area contributed by atoms with Gasteiger partial charge in [0, 0.05) is 5.56 Å². The van der Waals surface area contributed by atoms with Gasteiger partial charge in [0.15, 0.2) is 0 Å². The summed E-state index contributed by atoms with van der Waals surface area (Å²) in [4.78, 5) is 0. The van der Waals surface area contributed by atoms with Gasteiger partial charge in [-0.25, -0.2) is 0 Å². The molecule has 0 amide bonds. The summed E-state index contributed by atoms with van der Waals surface area (Å²) in [5, 5.41) is 0.226. The van der Waals surface area contributed by atoms with E-state index in [0.717, 1.165) is 12.2 Å². The molecule has 0 N–H and O–H groups in total. The van der Waals surface area contributed by atoms with Crippen LogP contribution in [-0.4, -0.2) is 8.32 Å². The maximum atomic E-state index is 6.44. The first kappa shape index (κ1) is 16.0. The first-order chi connectivity index (χ1) is 8.67. The van der Waals surface area contributed by atoms with Crippen molar-refractivity contribution in [1.29, 1.82) is 0 Å². The van der Waals surface area contributed by atoms with Gasteiger partial charge in [0.2, 0.25) is 0 Å². The molecule has 0 atom stereocenters. The van der Waals surface area contributed by atoms with Crippen LogP contribution in [0.25, 0.3) is 6.08 Å². The molecule has 1 nitrogen and oxygen atoms in total. The minimum absolute atomic E-state index is 0.226. The molecule has 0 aromatic heterocycles. The second-order valence-electron chi connectivity index (χ2n) is 6.74. The van der Waals surface area contributed by atoms with Crippen LogP contribution >= 0.6 is 0 Å². The van der Waals surface area contributed by atoms with Gasteiger partial charge in [0.1, 0.15) is 5.75 Å². The molecule has 0 spiro atoms. The number of hydrogen-bond acceptors (Lipinski definition) is 1. The summed E-state index contributed by atoms with van der Waals surface area (Å²) in [6, 6.07) is 8.37. The Morgan fingerprint density at radius 2 is 1.79 bits per heavy atom. The molecule has 0 fully saturated rings. The molecule has 0 radical (unpaired) electrons. The summed E-state index contributed by atoms with van der Waals surface area (Å²) < 4.78 is 6.44. The Kier molecular flexibility index (Phi) is 5.02. The molecule has 0 aliphatic rings. The number of allylic oxidation sites excluding steroid dienone is 1. The van der Waals surface area contributed by atoms with E-state index in [4.69, 9.17) is 4.43 Å². The Hall–Kier alpha value is -1.02. The van der Waals surface area contributed by atoms with E-state index in [1.165, 1.54) is 11.1 Å². The fourth-order valence-corrected chi connectivity index (χ4v) is 2.53. The Morgan fingerprint density at radius 1 is 1.21 bits per heavy atom. The summed E-state index contributed by atoms with van der Waals surface area (Å²) in [6.45, 7) is 15.8. The highest BCUT2D eigenvalue weighted by atomic mass is 28.4. The highest BCUT2D eigenvalue weighted by Gasteiger charge is 2.39. The lowest BCUT2D eigenvalue weighted by Gasteiger charge is -2.36. The Balaban J connectivity index is 3.09. The fraction of sp³-hybridized carbons (Fsp3) is 0.529. The molecule has 0 saturated heterocycles. The van der Waals surface area contributed by atoms with Crippen LogP contribution in [0.4, 0.5) is 0 Å². The summed E-state index contributed by atoms with van der Waals surface area (Å²) in [5.41, 5.74) is 2.58. The first-order valence-electron chi connectivity index (χ1n) is 7.12. The lowest BCUT2D eigenvalue weighted by molar-refractivity contribution is 0.491. The molecule has 0 saturated carbocycles. The second-order valence-corrected chi connectivity index (χ2v) is 11.5. The van der Waals surface area contributed by atoms with Gasteiger partial charge in [-0.3, -0.25) is 0 Å². The smallest absolute Gasteiger partial charge is 0.250 e. The minimum Gasteiger partial charge on any atom is -0.543 e. The molecule has 2 heteroatoms. The Labute approximate surface area is 119 Å². The summed E-state index contributed by atoms with van der Waals surface area (Å²) >= 11 is 0. The first-order valence-corrected chi connectivity index (χ1v) is 10.0. The Bertz CT molecular complexity index is 453. The fourth-order valence-electron chi connectivity index (χ4n) is 1.49. The third-order valence-electron chi connectivity index (χ3n) is 4.05. The summed E-state index contributed by atoms with van der Waals surface area (Å²) in [5.74, 6) is 1.03. The van der Waals surface area contributed by atoms with Crippen LogP contribution in [0.2, 0.25) is 18.1 Å². The number of hydrogen-bond donors (Lipinski definition) is 0. The predicted octanol–water partition coefficient (Wildman–Crippen LogP) is 5.88. The molecular weight excluding hydrogens is 248 g/mol. The van der Waals surface area contributed by atoms with E-state index in [2.05, 4.69) is 78.1 Å². The normalized spacial score (nSPS) is 13.5. The topological polar surface area (TPSA) is 9.23 Å². The third-order valence-corrected chi connectivity index (χ3v) is 8.39. The van der Waals surface area contributed by atoms with E-state index in [1.54, 1.807) is 0 Å². The SMILES string of the molecule is CC/C(C)=C/c1ccccc1O[Si](C)(C)C(C)(C)C. The van der Waals surface area contributed by atoms with E-state index in [0.29, 0.717) is 0 Å². The van der Waals surface area contributed by atoms with Crippen LogP contribution in [0, 0.1) is 0 Å². The van der Waals surface area contributed by atoms with Crippen molar-refractivity contribution < 1.29 is 4.43 Å². The summed E-state index contributed by atoms with van der Waals surface area (Å²) in [6.07, 6.45) is 3.32. The van der Waals surface area contributed by atoms with Crippen molar-refractivity contribution in [2.45, 2.75) is 59.2 Å². The van der Waals surface area contributed by atoms with E-state index in [-0.39, 0.29) is 5.04 Å². The van der Waals surface area contributed by atoms with Crippen LogP contribution in [0.5, 0.6) is 5.75 Å². The van der Waals surface area contributed by atoms with E-state index < -0.39 is 8.32 Å². The predicted molar refractivity (Wildman–Crippen MR) is 88.2 cm³/mol. The van der Waals surface area contributed by atoms with Gasteiger partial charge in [0.25, 0.3) is 8.32 Å². The highest BCUT2D eigenvalue weighted by Crippen LogP contribution is 2.38. The average molecular weight is 276 g/mol. The molecule has 106 valence electrons. The van der Waals surface area contributed by atoms with Crippen LogP contribution < -0.4 is 4.43 Å². The zero-order valence-corrected chi connectivity index (χ0v) is 14.5. The molecule has 0 bridgehead atoms. The number of rotatable bonds is 4. The maximum Gasteiger partial charge on any atom is 0.250 e. The van der Waals surface area contributed by atoms with Crippen molar-refractivity contribution in [3.8, 4) is 5.75 Å². The van der Waals surface area contributed by atoms with Gasteiger partial charge in [-0.05, 0) is 37.5 Å². The van der Waals surface area contributed by atoms with Crippen molar-refractivity contribution in [2.75, 3.05) is 0 Å². The maximum absolute atomic E-state index is 6.44. The number of benzene rings is 1. The molecule has 1 aromatic rings. The molecule has 0 heterocycles. The van der Waals surface area contributed by atoms with Gasteiger partial charge in [-0.2, -0.15) is 0 Å². The van der Waals surface area contributed by atoms with E-state index in [1.807, 2.05) is 0 Å². The second kappa shape index (κ2) is 5.95. The molecular formula is C17H28OSi. The Morgan fingerprint density at radius 3 is 2.32 bits per heavy atom. The van der Waals surface area contributed by atoms with Crippen molar-refractivity contribution in [1.82, 2.24) is 0 Å². The van der Waals surface area contributed by atoms with Crippen molar-refractivity contribution in [3.63, 3.8) is 0 Å². The molecule has 0 aliphatic heterocycles. The summed E-state index contributed by atoms with van der Waals surface area (Å²) in [7, 11) is -1.77. The van der Waals surface area contributed by atoms with Gasteiger partial charge >= 0.3 is 0 Å². The van der Waals surface area contributed by atoms with Crippen molar-refractivity contribution in [2.24, 2.45) is 0 Å². The zero-order chi connectivity index (χ0) is 14.7. The van der Waals surface area contributed by atoms with Gasteiger partial charge in [-0.1, -0.05) is 57.5 Å². The van der Waals surface area contributed by atoms with E-state index in [9.17, 15) is 0 Å². The monoisotopic (exact) mass is 276 g/mol. The van der Waals surface area contributed by atoms with Gasteiger partial charge in [-0.15, -0.1) is 0 Å². The van der Waals surface area contributed by atoms with Crippen LogP contribution in [-0.2, 0) is 0 Å². The van der Waals surface area contributed by atoms with Gasteiger partial charge in [0.05, 0.1) is 0 Å². The van der Waals surface area contributed by atoms with Crippen LogP contribution in [0.3, 0.4) is 0 Å². The standard InChI is InChI=1S/C17H28OSi/c1-8-14(2)13-15-11-9-10-12-16(15)18-19(6,7)17(3,4)5/h9-13H,8H2,1-7H3/b14-13+. The largest absolute Gasteiger partial charge is 0.543 e. The molecule has 0 unspecified atom stereocenters. The molecule has 19 heavy (non-hydrogen) atoms. The third kappa shape index (κ3) is 4.24. The highest BCUT2D eigenvalue weighted by molar-refractivity contribution is 6.74. The van der Waals surface area contributed by atoms with Crippen LogP contribution in [0.15, 0.2) is 29.8 Å². The van der Waals surface area contributed by atoms with Gasteiger partial charge < -0.3 is 4.43 Å².